The molecule has 5 nitrogen and oxygen atoms in total. The minimum Gasteiger partial charge on any atom is -0.347 e. The van der Waals surface area contributed by atoms with Gasteiger partial charge in [-0.2, -0.15) is 10.1 Å². The zero-order valence-corrected chi connectivity index (χ0v) is 11.4. The first-order valence-corrected chi connectivity index (χ1v) is 5.77. The van der Waals surface area contributed by atoms with Gasteiger partial charge in [-0.25, -0.2) is 9.67 Å². The normalized spacial score (nSPS) is 12.1. The van der Waals surface area contributed by atoms with E-state index in [-0.39, 0.29) is 5.54 Å². The molecule has 92 valence electrons. The number of halogens is 1. The maximum atomic E-state index is 6.14. The number of nitrogens with zero attached hydrogens (tertiary/aromatic N) is 5. The first-order valence-electron chi connectivity index (χ1n) is 5.40. The van der Waals surface area contributed by atoms with Crippen LogP contribution in [0.2, 0.25) is 5.15 Å². The van der Waals surface area contributed by atoms with E-state index >= 15 is 0 Å². The number of aromatic nitrogens is 4. The number of hydrogen-bond acceptors (Lipinski definition) is 4. The molecule has 0 bridgehead atoms. The summed E-state index contributed by atoms with van der Waals surface area (Å²) in [5, 5.41) is 5.56. The van der Waals surface area contributed by atoms with E-state index in [9.17, 15) is 0 Å². The summed E-state index contributed by atoms with van der Waals surface area (Å²) in [6.45, 7) is 6.22. The van der Waals surface area contributed by atoms with E-state index in [0.717, 1.165) is 11.0 Å². The molecular formula is C11H16ClN5. The molecule has 2 aromatic heterocycles. The topological polar surface area (TPSA) is 46.8 Å². The van der Waals surface area contributed by atoms with Crippen molar-refractivity contribution in [2.45, 2.75) is 26.3 Å². The molecule has 0 saturated carbocycles. The fourth-order valence-corrected chi connectivity index (χ4v) is 1.76. The Labute approximate surface area is 105 Å². The zero-order chi connectivity index (χ0) is 12.8. The quantitative estimate of drug-likeness (QED) is 0.732. The summed E-state index contributed by atoms with van der Waals surface area (Å²) >= 11 is 6.14. The molecule has 2 rings (SSSR count). The van der Waals surface area contributed by atoms with Gasteiger partial charge in [-0.3, -0.25) is 0 Å². The molecule has 0 saturated heterocycles. The van der Waals surface area contributed by atoms with E-state index in [0.29, 0.717) is 11.1 Å². The number of rotatable bonds is 1. The first-order chi connectivity index (χ1) is 7.80. The van der Waals surface area contributed by atoms with Crippen LogP contribution in [0.25, 0.3) is 11.0 Å². The zero-order valence-electron chi connectivity index (χ0n) is 10.7. The van der Waals surface area contributed by atoms with Crippen LogP contribution in [0.5, 0.6) is 0 Å². The van der Waals surface area contributed by atoms with Gasteiger partial charge in [-0.15, -0.1) is 0 Å². The van der Waals surface area contributed by atoms with E-state index in [1.165, 1.54) is 0 Å². The van der Waals surface area contributed by atoms with Crippen LogP contribution in [0.4, 0.5) is 5.95 Å². The summed E-state index contributed by atoms with van der Waals surface area (Å²) in [5.41, 5.74) is 0.629. The van der Waals surface area contributed by atoms with Gasteiger partial charge in [0.2, 0.25) is 5.95 Å². The third-order valence-corrected chi connectivity index (χ3v) is 2.69. The summed E-state index contributed by atoms with van der Waals surface area (Å²) in [6, 6.07) is 0. The van der Waals surface area contributed by atoms with Gasteiger partial charge in [0, 0.05) is 14.1 Å². The largest absolute Gasteiger partial charge is 0.347 e. The third-order valence-electron chi connectivity index (χ3n) is 2.41. The van der Waals surface area contributed by atoms with Crippen LogP contribution in [-0.4, -0.2) is 33.8 Å². The second-order valence-electron chi connectivity index (χ2n) is 5.17. The van der Waals surface area contributed by atoms with Crippen molar-refractivity contribution in [3.63, 3.8) is 0 Å². The summed E-state index contributed by atoms with van der Waals surface area (Å²) < 4.78 is 1.86. The molecule has 0 spiro atoms. The molecule has 0 aliphatic rings. The van der Waals surface area contributed by atoms with E-state index in [2.05, 4.69) is 35.8 Å². The van der Waals surface area contributed by atoms with Gasteiger partial charge in [0.15, 0.2) is 5.65 Å². The monoisotopic (exact) mass is 253 g/mol. The maximum absolute atomic E-state index is 6.14. The molecule has 17 heavy (non-hydrogen) atoms. The smallest absolute Gasteiger partial charge is 0.228 e. The Hall–Kier alpha value is -1.36. The van der Waals surface area contributed by atoms with Crippen LogP contribution in [0.15, 0.2) is 6.20 Å². The highest BCUT2D eigenvalue weighted by Gasteiger charge is 2.20. The lowest BCUT2D eigenvalue weighted by Crippen LogP contribution is -2.24. The maximum Gasteiger partial charge on any atom is 0.228 e. The first kappa shape index (κ1) is 12.1. The van der Waals surface area contributed by atoms with E-state index in [1.54, 1.807) is 6.20 Å². The molecule has 6 heteroatoms. The van der Waals surface area contributed by atoms with Crippen molar-refractivity contribution in [1.29, 1.82) is 0 Å². The minimum atomic E-state index is -0.136. The Balaban J connectivity index is 2.75. The van der Waals surface area contributed by atoms with Crippen molar-refractivity contribution in [1.82, 2.24) is 19.7 Å². The van der Waals surface area contributed by atoms with E-state index in [1.807, 2.05) is 23.7 Å². The van der Waals surface area contributed by atoms with Gasteiger partial charge in [-0.05, 0) is 20.8 Å². The summed E-state index contributed by atoms with van der Waals surface area (Å²) in [4.78, 5) is 10.5. The summed E-state index contributed by atoms with van der Waals surface area (Å²) in [6.07, 6.45) is 1.71. The molecular weight excluding hydrogens is 238 g/mol. The molecule has 0 radical (unpaired) electrons. The lowest BCUT2D eigenvalue weighted by atomic mass is 10.1. The number of fused-ring (bicyclic) bond motifs is 1. The van der Waals surface area contributed by atoms with Crippen molar-refractivity contribution in [3.05, 3.63) is 11.3 Å². The highest BCUT2D eigenvalue weighted by Crippen LogP contribution is 2.26. The number of anilines is 1. The Bertz CT molecular complexity index is 553. The number of hydrogen-bond donors (Lipinski definition) is 0. The molecule has 0 aliphatic heterocycles. The molecule has 0 aromatic carbocycles. The fraction of sp³-hybridized carbons (Fsp3) is 0.545. The SMILES string of the molecule is CN(C)c1nc(Cl)c2cnn(C(C)(C)C)c2n1. The molecule has 0 unspecified atom stereocenters. The van der Waals surface area contributed by atoms with Gasteiger partial charge in [0.1, 0.15) is 5.15 Å². The molecule has 0 atom stereocenters. The van der Waals surface area contributed by atoms with Crippen LogP contribution >= 0.6 is 11.6 Å². The fourth-order valence-electron chi connectivity index (χ4n) is 1.55. The van der Waals surface area contributed by atoms with Crippen molar-refractivity contribution in [2.24, 2.45) is 0 Å². The van der Waals surface area contributed by atoms with Crippen molar-refractivity contribution in [3.8, 4) is 0 Å². The van der Waals surface area contributed by atoms with Crippen LogP contribution in [0.3, 0.4) is 0 Å². The average Bonchev–Trinajstić information content (AvgIpc) is 2.60. The van der Waals surface area contributed by atoms with Crippen LogP contribution in [0, 0.1) is 0 Å². The average molecular weight is 254 g/mol. The van der Waals surface area contributed by atoms with Gasteiger partial charge in [0.05, 0.1) is 17.1 Å². The molecule has 0 fully saturated rings. The summed E-state index contributed by atoms with van der Waals surface area (Å²) in [5.74, 6) is 0.591. The predicted molar refractivity (Wildman–Crippen MR) is 69.7 cm³/mol. The van der Waals surface area contributed by atoms with Gasteiger partial charge < -0.3 is 4.90 Å². The van der Waals surface area contributed by atoms with Gasteiger partial charge >= 0.3 is 0 Å². The minimum absolute atomic E-state index is 0.136. The standard InChI is InChI=1S/C11H16ClN5/c1-11(2,3)17-9-7(6-13-17)8(12)14-10(15-9)16(4)5/h6H,1-5H3. The lowest BCUT2D eigenvalue weighted by molar-refractivity contribution is 0.366. The Morgan fingerprint density at radius 1 is 1.24 bits per heavy atom. The van der Waals surface area contributed by atoms with Crippen LogP contribution < -0.4 is 4.90 Å². The van der Waals surface area contributed by atoms with Crippen LogP contribution in [0.1, 0.15) is 20.8 Å². The Morgan fingerprint density at radius 2 is 1.88 bits per heavy atom. The van der Waals surface area contributed by atoms with E-state index in [4.69, 9.17) is 11.6 Å². The van der Waals surface area contributed by atoms with Crippen LogP contribution in [-0.2, 0) is 5.54 Å². The molecule has 0 aliphatic carbocycles. The van der Waals surface area contributed by atoms with Crippen molar-refractivity contribution < 1.29 is 0 Å². The molecule has 0 amide bonds. The van der Waals surface area contributed by atoms with Gasteiger partial charge in [-0.1, -0.05) is 11.6 Å². The highest BCUT2D eigenvalue weighted by molar-refractivity contribution is 6.34. The predicted octanol–water partition coefficient (Wildman–Crippen LogP) is 2.30. The van der Waals surface area contributed by atoms with Crippen molar-refractivity contribution >= 4 is 28.6 Å². The lowest BCUT2D eigenvalue weighted by Gasteiger charge is -2.20. The second kappa shape index (κ2) is 3.84. The second-order valence-corrected chi connectivity index (χ2v) is 5.53. The molecule has 2 heterocycles. The Morgan fingerprint density at radius 3 is 2.41 bits per heavy atom. The van der Waals surface area contributed by atoms with E-state index < -0.39 is 0 Å². The third kappa shape index (κ3) is 2.07. The molecule has 2 aromatic rings. The van der Waals surface area contributed by atoms with Crippen molar-refractivity contribution in [2.75, 3.05) is 19.0 Å². The highest BCUT2D eigenvalue weighted by atomic mass is 35.5. The van der Waals surface area contributed by atoms with Gasteiger partial charge in [0.25, 0.3) is 0 Å². The molecule has 0 N–H and O–H groups in total. The Kier molecular flexibility index (Phi) is 2.73. The summed E-state index contributed by atoms with van der Waals surface area (Å²) in [7, 11) is 3.77.